The van der Waals surface area contributed by atoms with Crippen LogP contribution >= 0.6 is 0 Å². The molecule has 1 saturated heterocycles. The third-order valence-electron chi connectivity index (χ3n) is 2.69. The summed E-state index contributed by atoms with van der Waals surface area (Å²) >= 11 is 0. The Morgan fingerprint density at radius 2 is 2.41 bits per heavy atom. The van der Waals surface area contributed by atoms with E-state index in [4.69, 9.17) is 0 Å². The molecule has 0 unspecified atom stereocenters. The fraction of sp³-hybridized carbons (Fsp3) is 0.500. The fourth-order valence-electron chi connectivity index (χ4n) is 1.62. The van der Waals surface area contributed by atoms with Gasteiger partial charge in [0, 0.05) is 31.9 Å². The van der Waals surface area contributed by atoms with Crippen molar-refractivity contribution < 1.29 is 10.0 Å². The third-order valence-corrected chi connectivity index (χ3v) is 2.69. The van der Waals surface area contributed by atoms with Crippen molar-refractivity contribution in [1.29, 1.82) is 0 Å². The van der Waals surface area contributed by atoms with Crippen LogP contribution in [0, 0.1) is 17.0 Å². The van der Waals surface area contributed by atoms with E-state index in [9.17, 15) is 15.2 Å². The molecule has 0 atom stereocenters. The van der Waals surface area contributed by atoms with Gasteiger partial charge in [0.1, 0.15) is 5.60 Å². The maximum absolute atomic E-state index is 10.8. The number of nitrogens with zero attached hydrogens (tertiary/aromatic N) is 2. The minimum Gasteiger partial charge on any atom is -0.385 e. The number of rotatable bonds is 4. The highest BCUT2D eigenvalue weighted by Crippen LogP contribution is 2.23. The summed E-state index contributed by atoms with van der Waals surface area (Å²) in [5, 5.41) is 26.4. The Labute approximate surface area is 98.0 Å². The Hall–Kier alpha value is -1.73. The molecule has 3 N–H and O–H groups in total. The van der Waals surface area contributed by atoms with E-state index in [2.05, 4.69) is 15.6 Å². The fourth-order valence-corrected chi connectivity index (χ4v) is 1.62. The van der Waals surface area contributed by atoms with Gasteiger partial charge in [-0.2, -0.15) is 0 Å². The zero-order chi connectivity index (χ0) is 12.5. The second-order valence-corrected chi connectivity index (χ2v) is 4.32. The zero-order valence-corrected chi connectivity index (χ0v) is 9.43. The van der Waals surface area contributed by atoms with Crippen LogP contribution in [0.3, 0.4) is 0 Å². The molecule has 0 radical (unpaired) electrons. The molecule has 0 aromatic carbocycles. The van der Waals surface area contributed by atoms with E-state index >= 15 is 0 Å². The molecular formula is C10H14N4O3. The van der Waals surface area contributed by atoms with Crippen molar-refractivity contribution in [2.75, 3.05) is 25.0 Å². The molecule has 1 aliphatic heterocycles. The number of aliphatic hydroxyl groups is 1. The van der Waals surface area contributed by atoms with Gasteiger partial charge in [0.2, 0.25) is 5.82 Å². The van der Waals surface area contributed by atoms with Crippen molar-refractivity contribution in [2.45, 2.75) is 12.5 Å². The minimum atomic E-state index is -0.833. The first-order valence-corrected chi connectivity index (χ1v) is 5.28. The van der Waals surface area contributed by atoms with Crippen LogP contribution in [-0.4, -0.2) is 40.2 Å². The van der Waals surface area contributed by atoms with E-state index in [-0.39, 0.29) is 18.1 Å². The van der Waals surface area contributed by atoms with E-state index in [0.717, 1.165) is 5.56 Å². The van der Waals surface area contributed by atoms with Crippen LogP contribution in [0.25, 0.3) is 0 Å². The number of aromatic nitrogens is 1. The molecule has 1 aromatic heterocycles. The number of nitro groups is 1. The Bertz CT molecular complexity index is 445. The molecule has 0 aliphatic carbocycles. The first-order chi connectivity index (χ1) is 8.00. The van der Waals surface area contributed by atoms with E-state index in [1.807, 2.05) is 0 Å². The van der Waals surface area contributed by atoms with Crippen molar-refractivity contribution in [1.82, 2.24) is 10.3 Å². The monoisotopic (exact) mass is 238 g/mol. The number of nitrogens with one attached hydrogen (secondary N) is 2. The Morgan fingerprint density at radius 3 is 2.94 bits per heavy atom. The van der Waals surface area contributed by atoms with Gasteiger partial charge >= 0.3 is 5.69 Å². The minimum absolute atomic E-state index is 0.0686. The average molecular weight is 238 g/mol. The molecular weight excluding hydrogens is 224 g/mol. The summed E-state index contributed by atoms with van der Waals surface area (Å²) in [5.74, 6) is 0.195. The first kappa shape index (κ1) is 11.7. The largest absolute Gasteiger partial charge is 0.385 e. The van der Waals surface area contributed by atoms with Crippen molar-refractivity contribution in [3.8, 4) is 0 Å². The Balaban J connectivity index is 2.12. The van der Waals surface area contributed by atoms with Crippen molar-refractivity contribution in [2.24, 2.45) is 0 Å². The Morgan fingerprint density at radius 1 is 1.71 bits per heavy atom. The topological polar surface area (TPSA) is 100 Å². The van der Waals surface area contributed by atoms with E-state index < -0.39 is 10.5 Å². The van der Waals surface area contributed by atoms with Crippen molar-refractivity contribution >= 4 is 11.5 Å². The molecule has 17 heavy (non-hydrogen) atoms. The highest BCUT2D eigenvalue weighted by molar-refractivity contribution is 5.56. The van der Waals surface area contributed by atoms with Gasteiger partial charge in [-0.1, -0.05) is 0 Å². The van der Waals surface area contributed by atoms with Gasteiger partial charge in [-0.25, -0.2) is 4.98 Å². The van der Waals surface area contributed by atoms with Crippen molar-refractivity contribution in [3.63, 3.8) is 0 Å². The van der Waals surface area contributed by atoms with Crippen LogP contribution in [0.15, 0.2) is 12.3 Å². The third kappa shape index (κ3) is 2.51. The Kier molecular flexibility index (Phi) is 2.95. The molecule has 7 nitrogen and oxygen atoms in total. The molecule has 0 spiro atoms. The number of hydrogen-bond acceptors (Lipinski definition) is 6. The summed E-state index contributed by atoms with van der Waals surface area (Å²) in [7, 11) is 0. The normalized spacial score (nSPS) is 17.3. The maximum atomic E-state index is 10.8. The number of pyridine rings is 1. The summed E-state index contributed by atoms with van der Waals surface area (Å²) < 4.78 is 0. The smallest absolute Gasteiger partial charge is 0.311 e. The second-order valence-electron chi connectivity index (χ2n) is 4.32. The SMILES string of the molecule is Cc1cnc(NCC2(O)CNC2)c([N+](=O)[O-])c1. The summed E-state index contributed by atoms with van der Waals surface area (Å²) in [6.07, 6.45) is 1.55. The zero-order valence-electron chi connectivity index (χ0n) is 9.43. The molecule has 1 aliphatic rings. The summed E-state index contributed by atoms with van der Waals surface area (Å²) in [6, 6.07) is 1.46. The second kappa shape index (κ2) is 4.27. The first-order valence-electron chi connectivity index (χ1n) is 5.28. The lowest BCUT2D eigenvalue weighted by Crippen LogP contribution is -2.63. The molecule has 1 aromatic rings. The van der Waals surface area contributed by atoms with Crippen LogP contribution in [-0.2, 0) is 0 Å². The average Bonchev–Trinajstić information content (AvgIpc) is 2.24. The van der Waals surface area contributed by atoms with E-state index in [0.29, 0.717) is 13.1 Å². The van der Waals surface area contributed by atoms with Gasteiger partial charge in [0.05, 0.1) is 4.92 Å². The molecule has 0 amide bonds. The lowest BCUT2D eigenvalue weighted by Gasteiger charge is -2.37. The van der Waals surface area contributed by atoms with E-state index in [1.165, 1.54) is 6.07 Å². The van der Waals surface area contributed by atoms with Crippen LogP contribution in [0.4, 0.5) is 11.5 Å². The van der Waals surface area contributed by atoms with Crippen LogP contribution < -0.4 is 10.6 Å². The van der Waals surface area contributed by atoms with Gasteiger partial charge in [0.15, 0.2) is 0 Å². The number of anilines is 1. The molecule has 0 saturated carbocycles. The predicted octanol–water partition coefficient (Wildman–Crippen LogP) is 0.0444. The maximum Gasteiger partial charge on any atom is 0.311 e. The van der Waals surface area contributed by atoms with E-state index in [1.54, 1.807) is 13.1 Å². The van der Waals surface area contributed by atoms with Gasteiger partial charge in [0.25, 0.3) is 0 Å². The van der Waals surface area contributed by atoms with Gasteiger partial charge < -0.3 is 15.7 Å². The van der Waals surface area contributed by atoms with Crippen molar-refractivity contribution in [3.05, 3.63) is 27.9 Å². The molecule has 2 rings (SSSR count). The number of hydrogen-bond donors (Lipinski definition) is 3. The number of β-amino-alcohol motifs (C(OH)–C–C–N with tert-alkyl or cyclic N) is 1. The van der Waals surface area contributed by atoms with Gasteiger partial charge in [-0.15, -0.1) is 0 Å². The van der Waals surface area contributed by atoms with Crippen LogP contribution in [0.2, 0.25) is 0 Å². The van der Waals surface area contributed by atoms with Crippen LogP contribution in [0.1, 0.15) is 5.56 Å². The summed E-state index contributed by atoms with van der Waals surface area (Å²) in [4.78, 5) is 14.3. The quantitative estimate of drug-likeness (QED) is 0.506. The highest BCUT2D eigenvalue weighted by Gasteiger charge is 2.34. The molecule has 1 fully saturated rings. The predicted molar refractivity (Wildman–Crippen MR) is 61.9 cm³/mol. The number of aryl methyl sites for hydroxylation is 1. The summed E-state index contributed by atoms with van der Waals surface area (Å²) in [6.45, 7) is 2.96. The summed E-state index contributed by atoms with van der Waals surface area (Å²) in [5.41, 5.74) is -0.173. The van der Waals surface area contributed by atoms with Gasteiger partial charge in [-0.05, 0) is 12.5 Å². The molecule has 7 heteroatoms. The molecule has 2 heterocycles. The lowest BCUT2D eigenvalue weighted by atomic mass is 9.97. The molecule has 92 valence electrons. The lowest BCUT2D eigenvalue weighted by molar-refractivity contribution is -0.384. The standard InChI is InChI=1S/C10H14N4O3/c1-7-2-8(14(16)17)9(12-3-7)13-6-10(15)4-11-5-10/h2-3,11,15H,4-6H2,1H3,(H,12,13). The van der Waals surface area contributed by atoms with Gasteiger partial charge in [-0.3, -0.25) is 10.1 Å². The van der Waals surface area contributed by atoms with Crippen LogP contribution in [0.5, 0.6) is 0 Å². The highest BCUT2D eigenvalue weighted by atomic mass is 16.6. The molecule has 0 bridgehead atoms.